The number of primary amides is 1. The van der Waals surface area contributed by atoms with E-state index < -0.39 is 5.91 Å². The van der Waals surface area contributed by atoms with Crippen molar-refractivity contribution in [1.29, 1.82) is 0 Å². The number of carbonyl (C=O) groups is 1. The maximum Gasteiger partial charge on any atom is 0.248 e. The lowest BCUT2D eigenvalue weighted by atomic mass is 9.94. The van der Waals surface area contributed by atoms with Crippen LogP contribution >= 0.6 is 0 Å². The Balaban J connectivity index is 2.13. The average molecular weight is 284 g/mol. The van der Waals surface area contributed by atoms with Gasteiger partial charge in [0.05, 0.1) is 0 Å². The third-order valence-electron chi connectivity index (χ3n) is 4.32. The number of hydrogen-bond acceptors (Lipinski definition) is 2. The maximum absolute atomic E-state index is 11.2. The van der Waals surface area contributed by atoms with Crippen LogP contribution in [-0.2, 0) is 19.3 Å². The minimum atomic E-state index is -0.436. The van der Waals surface area contributed by atoms with Crippen LogP contribution in [0.4, 0.5) is 0 Å². The molecular formula is C17H20N2O2. The van der Waals surface area contributed by atoms with Gasteiger partial charge in [-0.05, 0) is 61.9 Å². The quantitative estimate of drug-likeness (QED) is 0.910. The van der Waals surface area contributed by atoms with Gasteiger partial charge in [-0.2, -0.15) is 0 Å². The molecule has 0 fully saturated rings. The monoisotopic (exact) mass is 284 g/mol. The van der Waals surface area contributed by atoms with Crippen molar-refractivity contribution < 1.29 is 9.90 Å². The summed E-state index contributed by atoms with van der Waals surface area (Å²) in [6.07, 6.45) is 5.20. The Morgan fingerprint density at radius 1 is 1.24 bits per heavy atom. The summed E-state index contributed by atoms with van der Waals surface area (Å²) in [4.78, 5) is 11.2. The van der Waals surface area contributed by atoms with E-state index in [-0.39, 0.29) is 0 Å². The first-order chi connectivity index (χ1) is 10.1. The number of aromatic hydroxyl groups is 1. The van der Waals surface area contributed by atoms with E-state index in [1.165, 1.54) is 17.7 Å². The molecule has 0 spiro atoms. The van der Waals surface area contributed by atoms with E-state index >= 15 is 0 Å². The Hall–Kier alpha value is -2.23. The largest absolute Gasteiger partial charge is 0.494 e. The van der Waals surface area contributed by atoms with Gasteiger partial charge in [-0.25, -0.2) is 0 Å². The summed E-state index contributed by atoms with van der Waals surface area (Å²) in [6.45, 7) is 2.07. The van der Waals surface area contributed by atoms with Crippen LogP contribution in [0.5, 0.6) is 5.88 Å². The molecule has 1 heterocycles. The fraction of sp³-hybridized carbons (Fsp3) is 0.353. The highest BCUT2D eigenvalue weighted by Crippen LogP contribution is 2.36. The SMILES string of the molecule is CCc1c2c(n(-c3ccc(C(N)=O)cc3)c1O)CCCC2. The van der Waals surface area contributed by atoms with Gasteiger partial charge in [0.15, 0.2) is 5.88 Å². The number of fused-ring (bicyclic) bond motifs is 1. The van der Waals surface area contributed by atoms with E-state index in [0.29, 0.717) is 11.4 Å². The highest BCUT2D eigenvalue weighted by molar-refractivity contribution is 5.92. The normalized spacial score (nSPS) is 14.0. The Morgan fingerprint density at radius 2 is 1.90 bits per heavy atom. The zero-order valence-electron chi connectivity index (χ0n) is 12.2. The van der Waals surface area contributed by atoms with Gasteiger partial charge in [0, 0.05) is 22.5 Å². The number of nitrogens with zero attached hydrogens (tertiary/aromatic N) is 1. The lowest BCUT2D eigenvalue weighted by molar-refractivity contribution is 0.100. The zero-order valence-corrected chi connectivity index (χ0v) is 12.2. The second-order valence-electron chi connectivity index (χ2n) is 5.53. The van der Waals surface area contributed by atoms with Crippen LogP contribution < -0.4 is 5.73 Å². The van der Waals surface area contributed by atoms with E-state index in [9.17, 15) is 9.90 Å². The van der Waals surface area contributed by atoms with E-state index in [1.54, 1.807) is 12.1 Å². The average Bonchev–Trinajstić information content (AvgIpc) is 2.78. The van der Waals surface area contributed by atoms with Gasteiger partial charge in [0.2, 0.25) is 5.91 Å². The number of amides is 1. The highest BCUT2D eigenvalue weighted by Gasteiger charge is 2.24. The van der Waals surface area contributed by atoms with Crippen LogP contribution in [0.3, 0.4) is 0 Å². The minimum Gasteiger partial charge on any atom is -0.494 e. The lowest BCUT2D eigenvalue weighted by Gasteiger charge is -2.16. The Labute approximate surface area is 124 Å². The van der Waals surface area contributed by atoms with Crippen molar-refractivity contribution >= 4 is 5.91 Å². The van der Waals surface area contributed by atoms with Gasteiger partial charge in [-0.3, -0.25) is 9.36 Å². The first kappa shape index (κ1) is 13.7. The molecule has 1 amide bonds. The van der Waals surface area contributed by atoms with Crippen LogP contribution in [0.15, 0.2) is 24.3 Å². The highest BCUT2D eigenvalue weighted by atomic mass is 16.3. The number of hydrogen-bond donors (Lipinski definition) is 2. The first-order valence-electron chi connectivity index (χ1n) is 7.48. The van der Waals surface area contributed by atoms with E-state index in [1.807, 2.05) is 16.7 Å². The molecule has 1 aromatic carbocycles. The van der Waals surface area contributed by atoms with Crippen molar-refractivity contribution in [3.05, 3.63) is 46.6 Å². The van der Waals surface area contributed by atoms with Gasteiger partial charge in [0.1, 0.15) is 0 Å². The van der Waals surface area contributed by atoms with Crippen LogP contribution in [0.2, 0.25) is 0 Å². The number of benzene rings is 1. The second-order valence-corrected chi connectivity index (χ2v) is 5.53. The molecule has 3 N–H and O–H groups in total. The van der Waals surface area contributed by atoms with Crippen LogP contribution in [0, 0.1) is 0 Å². The summed E-state index contributed by atoms with van der Waals surface area (Å²) in [5.41, 5.74) is 10.2. The van der Waals surface area contributed by atoms with Crippen molar-refractivity contribution in [3.8, 4) is 11.6 Å². The molecule has 0 saturated carbocycles. The van der Waals surface area contributed by atoms with Crippen molar-refractivity contribution in [2.75, 3.05) is 0 Å². The summed E-state index contributed by atoms with van der Waals surface area (Å²) in [5, 5.41) is 10.6. The molecule has 0 bridgehead atoms. The van der Waals surface area contributed by atoms with Gasteiger partial charge in [0.25, 0.3) is 0 Å². The standard InChI is InChI=1S/C17H20N2O2/c1-2-13-14-5-3-4-6-15(14)19(17(13)21)12-9-7-11(8-10-12)16(18)20/h7-10,21H,2-6H2,1H3,(H2,18,20). The molecule has 0 atom stereocenters. The molecular weight excluding hydrogens is 264 g/mol. The number of aromatic nitrogens is 1. The van der Waals surface area contributed by atoms with Gasteiger partial charge < -0.3 is 10.8 Å². The third-order valence-corrected chi connectivity index (χ3v) is 4.32. The molecule has 1 aliphatic carbocycles. The number of rotatable bonds is 3. The summed E-state index contributed by atoms with van der Waals surface area (Å²) < 4.78 is 1.93. The third kappa shape index (κ3) is 2.20. The van der Waals surface area contributed by atoms with Crippen molar-refractivity contribution in [2.24, 2.45) is 5.73 Å². The van der Waals surface area contributed by atoms with Gasteiger partial charge in [-0.1, -0.05) is 6.92 Å². The predicted molar refractivity (Wildman–Crippen MR) is 82.0 cm³/mol. The fourth-order valence-corrected chi connectivity index (χ4v) is 3.28. The Bertz CT molecular complexity index is 684. The van der Waals surface area contributed by atoms with Gasteiger partial charge >= 0.3 is 0 Å². The Kier molecular flexibility index (Phi) is 3.45. The molecule has 2 aromatic rings. The molecule has 0 unspecified atom stereocenters. The summed E-state index contributed by atoms with van der Waals surface area (Å²) in [7, 11) is 0. The van der Waals surface area contributed by atoms with E-state index in [0.717, 1.165) is 36.9 Å². The molecule has 21 heavy (non-hydrogen) atoms. The summed E-state index contributed by atoms with van der Waals surface area (Å²) in [6, 6.07) is 7.10. The summed E-state index contributed by atoms with van der Waals surface area (Å²) in [5.74, 6) is -0.0919. The molecule has 1 aliphatic rings. The maximum atomic E-state index is 11.2. The molecule has 0 saturated heterocycles. The Morgan fingerprint density at radius 3 is 2.52 bits per heavy atom. The minimum absolute atomic E-state index is 0.344. The predicted octanol–water partition coefficient (Wildman–Crippen LogP) is 2.72. The zero-order chi connectivity index (χ0) is 15.0. The smallest absolute Gasteiger partial charge is 0.248 e. The van der Waals surface area contributed by atoms with Crippen molar-refractivity contribution in [2.45, 2.75) is 39.0 Å². The molecule has 0 aliphatic heterocycles. The second kappa shape index (κ2) is 5.28. The lowest BCUT2D eigenvalue weighted by Crippen LogP contribution is -2.11. The molecule has 4 heteroatoms. The van der Waals surface area contributed by atoms with E-state index in [4.69, 9.17) is 5.73 Å². The number of nitrogens with two attached hydrogens (primary N) is 1. The molecule has 1 aromatic heterocycles. The molecule has 0 radical (unpaired) electrons. The van der Waals surface area contributed by atoms with Gasteiger partial charge in [-0.15, -0.1) is 0 Å². The van der Waals surface area contributed by atoms with Crippen LogP contribution in [0.25, 0.3) is 5.69 Å². The number of carbonyl (C=O) groups excluding carboxylic acids is 1. The molecule has 4 nitrogen and oxygen atoms in total. The topological polar surface area (TPSA) is 68.2 Å². The fourth-order valence-electron chi connectivity index (χ4n) is 3.28. The van der Waals surface area contributed by atoms with Crippen LogP contribution in [-0.4, -0.2) is 15.6 Å². The first-order valence-corrected chi connectivity index (χ1v) is 7.48. The van der Waals surface area contributed by atoms with E-state index in [2.05, 4.69) is 6.92 Å². The van der Waals surface area contributed by atoms with Crippen LogP contribution in [0.1, 0.15) is 46.9 Å². The molecule has 3 rings (SSSR count). The summed E-state index contributed by atoms with van der Waals surface area (Å²) >= 11 is 0. The van der Waals surface area contributed by atoms with Crippen molar-refractivity contribution in [3.63, 3.8) is 0 Å². The molecule has 110 valence electrons. The van der Waals surface area contributed by atoms with Crippen molar-refractivity contribution in [1.82, 2.24) is 4.57 Å².